The second-order valence-corrected chi connectivity index (χ2v) is 7.03. The molecule has 0 aliphatic carbocycles. The van der Waals surface area contributed by atoms with Gasteiger partial charge >= 0.3 is 0 Å². The zero-order valence-electron chi connectivity index (χ0n) is 11.2. The molecule has 94 valence electrons. The van der Waals surface area contributed by atoms with Crippen molar-refractivity contribution >= 4 is 9.52 Å². The third-order valence-corrected chi connectivity index (χ3v) is 5.69. The molecule has 1 atom stereocenters. The summed E-state index contributed by atoms with van der Waals surface area (Å²) in [6.07, 6.45) is 1.27. The third-order valence-electron chi connectivity index (χ3n) is 3.56. The van der Waals surface area contributed by atoms with Crippen molar-refractivity contribution in [3.63, 3.8) is 0 Å². The normalized spacial score (nSPS) is 12.9. The molecule has 2 rings (SSSR count). The minimum absolute atomic E-state index is 0.0762. The Kier molecular flexibility index (Phi) is 5.22. The highest BCUT2D eigenvalue weighted by Gasteiger charge is 2.04. The van der Waals surface area contributed by atoms with Gasteiger partial charge in [-0.05, 0) is 23.5 Å². The summed E-state index contributed by atoms with van der Waals surface area (Å²) in [5, 5.41) is 0. The van der Waals surface area contributed by atoms with Crippen LogP contribution in [-0.4, -0.2) is 9.52 Å². The Morgan fingerprint density at radius 3 is 2.17 bits per heavy atom. The first-order chi connectivity index (χ1) is 8.86. The summed E-state index contributed by atoms with van der Waals surface area (Å²) in [5.41, 5.74) is 3.00. The number of aryl methyl sites for hydroxylation is 1. The maximum atomic E-state index is 2.37. The van der Waals surface area contributed by atoms with Gasteiger partial charge in [0, 0.05) is 9.52 Å². The monoisotopic (exact) mass is 254 g/mol. The van der Waals surface area contributed by atoms with Crippen LogP contribution in [0.2, 0.25) is 12.1 Å². The van der Waals surface area contributed by atoms with Gasteiger partial charge in [-0.15, -0.1) is 0 Å². The van der Waals surface area contributed by atoms with Gasteiger partial charge in [0.25, 0.3) is 0 Å². The van der Waals surface area contributed by atoms with Crippen LogP contribution in [0.15, 0.2) is 60.7 Å². The van der Waals surface area contributed by atoms with Crippen molar-refractivity contribution in [1.29, 1.82) is 0 Å². The van der Waals surface area contributed by atoms with E-state index in [1.54, 1.807) is 0 Å². The van der Waals surface area contributed by atoms with Crippen LogP contribution >= 0.6 is 0 Å². The molecule has 0 aliphatic rings. The van der Waals surface area contributed by atoms with E-state index in [-0.39, 0.29) is 9.52 Å². The van der Waals surface area contributed by atoms with E-state index >= 15 is 0 Å². The first-order valence-corrected chi connectivity index (χ1v) is 8.95. The summed E-state index contributed by atoms with van der Waals surface area (Å²) < 4.78 is 0. The van der Waals surface area contributed by atoms with Crippen molar-refractivity contribution in [3.8, 4) is 0 Å². The second kappa shape index (κ2) is 7.17. The van der Waals surface area contributed by atoms with Gasteiger partial charge in [-0.2, -0.15) is 0 Å². The molecule has 0 radical (unpaired) electrons. The van der Waals surface area contributed by atoms with Crippen LogP contribution in [0.25, 0.3) is 0 Å². The molecular formula is C17H22Si. The average Bonchev–Trinajstić information content (AvgIpc) is 2.45. The zero-order valence-corrected chi connectivity index (χ0v) is 12.6. The molecule has 0 spiro atoms. The highest BCUT2D eigenvalue weighted by Crippen LogP contribution is 2.19. The standard InChI is InChI=1S/C17H22Si/c1-15(17-10-6-3-7-11-17)14-18-13-12-16-8-4-2-5-9-16/h2-11,15H,12-14,18H2,1H3. The van der Waals surface area contributed by atoms with E-state index in [0.29, 0.717) is 0 Å². The summed E-state index contributed by atoms with van der Waals surface area (Å²) in [6, 6.07) is 24.7. The molecular weight excluding hydrogens is 232 g/mol. The molecule has 2 aromatic carbocycles. The summed E-state index contributed by atoms with van der Waals surface area (Å²) in [6.45, 7) is 2.37. The van der Waals surface area contributed by atoms with Gasteiger partial charge in [-0.3, -0.25) is 0 Å². The second-order valence-electron chi connectivity index (χ2n) is 5.04. The van der Waals surface area contributed by atoms with E-state index in [1.807, 2.05) is 0 Å². The van der Waals surface area contributed by atoms with Crippen molar-refractivity contribution < 1.29 is 0 Å². The van der Waals surface area contributed by atoms with Crippen LogP contribution in [0.4, 0.5) is 0 Å². The summed E-state index contributed by atoms with van der Waals surface area (Å²) in [4.78, 5) is 0. The van der Waals surface area contributed by atoms with E-state index in [2.05, 4.69) is 67.6 Å². The molecule has 18 heavy (non-hydrogen) atoms. The Balaban J connectivity index is 1.70. The van der Waals surface area contributed by atoms with Crippen LogP contribution in [0.1, 0.15) is 24.0 Å². The number of hydrogen-bond donors (Lipinski definition) is 0. The van der Waals surface area contributed by atoms with E-state index in [4.69, 9.17) is 0 Å². The fourth-order valence-corrected chi connectivity index (χ4v) is 4.27. The Bertz CT molecular complexity index is 436. The predicted octanol–water partition coefficient (Wildman–Crippen LogP) is 4.04. The molecule has 0 bridgehead atoms. The predicted molar refractivity (Wildman–Crippen MR) is 83.2 cm³/mol. The first kappa shape index (κ1) is 13.1. The van der Waals surface area contributed by atoms with E-state index in [0.717, 1.165) is 5.92 Å². The molecule has 0 N–H and O–H groups in total. The third kappa shape index (κ3) is 4.15. The number of benzene rings is 2. The molecule has 0 aliphatic heterocycles. The highest BCUT2D eigenvalue weighted by atomic mass is 28.2. The lowest BCUT2D eigenvalue weighted by Crippen LogP contribution is -2.00. The Morgan fingerprint density at radius 2 is 1.50 bits per heavy atom. The largest absolute Gasteiger partial charge is 0.0622 e. The van der Waals surface area contributed by atoms with Crippen LogP contribution in [0, 0.1) is 0 Å². The fourth-order valence-electron chi connectivity index (χ4n) is 2.37. The molecule has 0 saturated carbocycles. The maximum absolute atomic E-state index is 2.37. The highest BCUT2D eigenvalue weighted by molar-refractivity contribution is 6.35. The zero-order chi connectivity index (χ0) is 12.6. The Hall–Kier alpha value is -1.34. The van der Waals surface area contributed by atoms with E-state index < -0.39 is 0 Å². The molecule has 2 aromatic rings. The first-order valence-electron chi connectivity index (χ1n) is 6.95. The van der Waals surface area contributed by atoms with Gasteiger partial charge in [0.1, 0.15) is 0 Å². The molecule has 0 amide bonds. The van der Waals surface area contributed by atoms with Crippen molar-refractivity contribution in [3.05, 3.63) is 71.8 Å². The van der Waals surface area contributed by atoms with Gasteiger partial charge in [0.05, 0.1) is 0 Å². The Morgan fingerprint density at radius 1 is 0.889 bits per heavy atom. The SMILES string of the molecule is CC(C[SiH2]CCc1ccccc1)c1ccccc1. The molecule has 0 aromatic heterocycles. The van der Waals surface area contributed by atoms with Crippen LogP contribution in [0.3, 0.4) is 0 Å². The lowest BCUT2D eigenvalue weighted by molar-refractivity contribution is 0.854. The molecule has 0 fully saturated rings. The van der Waals surface area contributed by atoms with Crippen LogP contribution in [0.5, 0.6) is 0 Å². The molecule has 0 heterocycles. The van der Waals surface area contributed by atoms with Gasteiger partial charge in [-0.1, -0.05) is 79.7 Å². The van der Waals surface area contributed by atoms with Gasteiger partial charge in [0.15, 0.2) is 0 Å². The minimum atomic E-state index is 0.0762. The Labute approximate surface area is 113 Å². The number of hydrogen-bond acceptors (Lipinski definition) is 0. The molecule has 0 nitrogen and oxygen atoms in total. The lowest BCUT2D eigenvalue weighted by Gasteiger charge is -2.11. The van der Waals surface area contributed by atoms with Crippen molar-refractivity contribution in [1.82, 2.24) is 0 Å². The smallest absolute Gasteiger partial charge is 0.0207 e. The van der Waals surface area contributed by atoms with Gasteiger partial charge in [0.2, 0.25) is 0 Å². The summed E-state index contributed by atoms with van der Waals surface area (Å²) in [5.74, 6) is 0.744. The van der Waals surface area contributed by atoms with Crippen LogP contribution in [-0.2, 0) is 6.42 Å². The van der Waals surface area contributed by atoms with Gasteiger partial charge in [-0.25, -0.2) is 0 Å². The lowest BCUT2D eigenvalue weighted by atomic mass is 10.0. The van der Waals surface area contributed by atoms with Crippen molar-refractivity contribution in [2.24, 2.45) is 0 Å². The van der Waals surface area contributed by atoms with Crippen molar-refractivity contribution in [2.75, 3.05) is 0 Å². The maximum Gasteiger partial charge on any atom is 0.0207 e. The molecule has 0 saturated heterocycles. The quantitative estimate of drug-likeness (QED) is 0.539. The minimum Gasteiger partial charge on any atom is -0.0622 e. The van der Waals surface area contributed by atoms with Crippen LogP contribution < -0.4 is 0 Å². The molecule has 1 heteroatoms. The summed E-state index contributed by atoms with van der Waals surface area (Å²) in [7, 11) is 0.0762. The summed E-state index contributed by atoms with van der Waals surface area (Å²) >= 11 is 0. The average molecular weight is 254 g/mol. The van der Waals surface area contributed by atoms with E-state index in [9.17, 15) is 0 Å². The molecule has 1 unspecified atom stereocenters. The topological polar surface area (TPSA) is 0 Å². The van der Waals surface area contributed by atoms with Crippen molar-refractivity contribution in [2.45, 2.75) is 31.4 Å². The fraction of sp³-hybridized carbons (Fsp3) is 0.294. The van der Waals surface area contributed by atoms with Gasteiger partial charge < -0.3 is 0 Å². The van der Waals surface area contributed by atoms with E-state index in [1.165, 1.54) is 29.6 Å². The number of rotatable bonds is 6.